The number of hydrogen-bond acceptors (Lipinski definition) is 7. The number of hydrogen-bond donors (Lipinski definition) is 5. The summed E-state index contributed by atoms with van der Waals surface area (Å²) in [4.78, 5) is 71.0. The molecule has 1 unspecified atom stereocenters. The molecule has 0 saturated carbocycles. The summed E-state index contributed by atoms with van der Waals surface area (Å²) in [6.07, 6.45) is 0.370. The molecule has 0 saturated heterocycles. The van der Waals surface area contributed by atoms with E-state index in [0.717, 1.165) is 0 Å². The van der Waals surface area contributed by atoms with Gasteiger partial charge in [-0.25, -0.2) is 0 Å². The Balaban J connectivity index is 2.80. The summed E-state index contributed by atoms with van der Waals surface area (Å²) in [6.45, 7) is 6.07. The van der Waals surface area contributed by atoms with Crippen LogP contribution in [0.4, 0.5) is 5.69 Å². The molecule has 0 bridgehead atoms. The molecular formula is C23H33N5O7. The Morgan fingerprint density at radius 3 is 2.26 bits per heavy atom. The summed E-state index contributed by atoms with van der Waals surface area (Å²) >= 11 is 0. The first-order valence-corrected chi connectivity index (χ1v) is 11.1. The highest BCUT2D eigenvalue weighted by atomic mass is 16.5. The van der Waals surface area contributed by atoms with Gasteiger partial charge in [-0.1, -0.05) is 33.8 Å². The van der Waals surface area contributed by atoms with Crippen LogP contribution in [0.15, 0.2) is 18.2 Å². The van der Waals surface area contributed by atoms with E-state index in [-0.39, 0.29) is 37.1 Å². The maximum Gasteiger partial charge on any atom is 0.308 e. The van der Waals surface area contributed by atoms with E-state index in [1.807, 2.05) is 0 Å². The Morgan fingerprint density at radius 1 is 1.00 bits per heavy atom. The summed E-state index contributed by atoms with van der Waals surface area (Å²) in [6, 6.07) is 3.64. The number of rotatable bonds is 13. The van der Waals surface area contributed by atoms with Crippen molar-refractivity contribution in [1.82, 2.24) is 21.3 Å². The molecule has 12 heteroatoms. The minimum Gasteiger partial charge on any atom is -0.461 e. The molecule has 192 valence electrons. The van der Waals surface area contributed by atoms with Crippen molar-refractivity contribution < 1.29 is 33.5 Å². The van der Waals surface area contributed by atoms with Crippen LogP contribution in [-0.4, -0.2) is 62.2 Å². The van der Waals surface area contributed by atoms with Crippen LogP contribution < -0.4 is 26.6 Å². The number of nitrogens with one attached hydrogen (secondary N) is 5. The molecule has 0 radical (unpaired) electrons. The van der Waals surface area contributed by atoms with Gasteiger partial charge in [-0.3, -0.25) is 28.8 Å². The number of ether oxygens (including phenoxy) is 1. The fourth-order valence-corrected chi connectivity index (χ4v) is 2.82. The zero-order valence-corrected chi connectivity index (χ0v) is 20.5. The van der Waals surface area contributed by atoms with Crippen LogP contribution in [0.2, 0.25) is 0 Å². The van der Waals surface area contributed by atoms with E-state index in [9.17, 15) is 28.8 Å². The summed E-state index contributed by atoms with van der Waals surface area (Å²) < 4.78 is 5.20. The van der Waals surface area contributed by atoms with Crippen molar-refractivity contribution in [2.75, 3.05) is 25.5 Å². The third-order valence-corrected chi connectivity index (χ3v) is 4.74. The highest BCUT2D eigenvalue weighted by Gasteiger charge is 2.24. The van der Waals surface area contributed by atoms with Gasteiger partial charge in [0, 0.05) is 23.9 Å². The van der Waals surface area contributed by atoms with Gasteiger partial charge in [-0.15, -0.1) is 0 Å². The van der Waals surface area contributed by atoms with Gasteiger partial charge < -0.3 is 31.3 Å². The second kappa shape index (κ2) is 14.3. The molecule has 1 aromatic rings. The molecule has 0 aliphatic carbocycles. The normalized spacial score (nSPS) is 11.3. The van der Waals surface area contributed by atoms with Crippen LogP contribution in [0.3, 0.4) is 0 Å². The standard InChI is InChI=1S/C23H33N5O7/c1-13(2)20(28-18(30)9-25-12-29)22(33)26-10-19(31)27-16-7-6-15(11-35-23(34)14(3)4)17(8-16)21(32)24-5/h6-8,12-14,20H,9-11H2,1-5H3,(H,24,32)(H,25,29)(H,26,33)(H,27,31)(H,28,30). The first kappa shape index (κ1) is 29.1. The van der Waals surface area contributed by atoms with E-state index in [2.05, 4.69) is 26.6 Å². The van der Waals surface area contributed by atoms with E-state index in [0.29, 0.717) is 17.7 Å². The lowest BCUT2D eigenvalue weighted by Crippen LogP contribution is -2.52. The van der Waals surface area contributed by atoms with Gasteiger partial charge in [0.05, 0.1) is 19.0 Å². The van der Waals surface area contributed by atoms with E-state index in [1.54, 1.807) is 39.8 Å². The number of benzene rings is 1. The molecule has 0 aliphatic rings. The zero-order valence-electron chi connectivity index (χ0n) is 20.5. The first-order valence-electron chi connectivity index (χ1n) is 11.1. The lowest BCUT2D eigenvalue weighted by atomic mass is 10.0. The largest absolute Gasteiger partial charge is 0.461 e. The average Bonchev–Trinajstić information content (AvgIpc) is 2.82. The molecule has 12 nitrogen and oxygen atoms in total. The second-order valence-corrected chi connectivity index (χ2v) is 8.27. The van der Waals surface area contributed by atoms with E-state index in [1.165, 1.54) is 13.1 Å². The van der Waals surface area contributed by atoms with Crippen molar-refractivity contribution in [3.05, 3.63) is 29.3 Å². The Bertz CT molecular complexity index is 946. The van der Waals surface area contributed by atoms with Gasteiger partial charge in [0.2, 0.25) is 24.1 Å². The third kappa shape index (κ3) is 9.82. The third-order valence-electron chi connectivity index (χ3n) is 4.74. The van der Waals surface area contributed by atoms with Gasteiger partial charge in [0.1, 0.15) is 12.6 Å². The van der Waals surface area contributed by atoms with Crippen LogP contribution in [0, 0.1) is 11.8 Å². The van der Waals surface area contributed by atoms with Gasteiger partial charge in [0.15, 0.2) is 0 Å². The van der Waals surface area contributed by atoms with Crippen LogP contribution >= 0.6 is 0 Å². The maximum absolute atomic E-state index is 12.5. The molecule has 1 aromatic carbocycles. The van der Waals surface area contributed by atoms with Crippen molar-refractivity contribution in [2.24, 2.45) is 11.8 Å². The lowest BCUT2D eigenvalue weighted by molar-refractivity contribution is -0.148. The summed E-state index contributed by atoms with van der Waals surface area (Å²) in [5, 5.41) is 12.2. The van der Waals surface area contributed by atoms with Crippen molar-refractivity contribution in [3.8, 4) is 0 Å². The van der Waals surface area contributed by atoms with Crippen LogP contribution in [0.1, 0.15) is 43.6 Å². The van der Waals surface area contributed by atoms with Crippen LogP contribution in [-0.2, 0) is 35.3 Å². The first-order chi connectivity index (χ1) is 16.5. The van der Waals surface area contributed by atoms with Gasteiger partial charge in [-0.05, 0) is 18.1 Å². The second-order valence-electron chi connectivity index (χ2n) is 8.27. The van der Waals surface area contributed by atoms with Crippen molar-refractivity contribution in [2.45, 2.75) is 40.3 Å². The zero-order chi connectivity index (χ0) is 26.5. The van der Waals surface area contributed by atoms with Crippen molar-refractivity contribution >= 4 is 41.7 Å². The Labute approximate surface area is 203 Å². The molecule has 0 aliphatic heterocycles. The molecule has 0 aromatic heterocycles. The van der Waals surface area contributed by atoms with Gasteiger partial charge in [0.25, 0.3) is 5.91 Å². The van der Waals surface area contributed by atoms with E-state index < -0.39 is 35.6 Å². The topological polar surface area (TPSA) is 172 Å². The van der Waals surface area contributed by atoms with Crippen molar-refractivity contribution in [3.63, 3.8) is 0 Å². The number of amides is 5. The van der Waals surface area contributed by atoms with E-state index >= 15 is 0 Å². The summed E-state index contributed by atoms with van der Waals surface area (Å²) in [5.41, 5.74) is 0.983. The number of anilines is 1. The maximum atomic E-state index is 12.5. The monoisotopic (exact) mass is 491 g/mol. The number of esters is 1. The average molecular weight is 492 g/mol. The predicted octanol–water partition coefficient (Wildman–Crippen LogP) is -0.313. The molecule has 35 heavy (non-hydrogen) atoms. The van der Waals surface area contributed by atoms with Crippen LogP contribution in [0.5, 0.6) is 0 Å². The fraction of sp³-hybridized carbons (Fsp3) is 0.478. The fourth-order valence-electron chi connectivity index (χ4n) is 2.82. The number of carbonyl (C=O) groups is 6. The highest BCUT2D eigenvalue weighted by molar-refractivity contribution is 5.99. The quantitative estimate of drug-likeness (QED) is 0.186. The molecule has 1 atom stereocenters. The smallest absolute Gasteiger partial charge is 0.308 e. The van der Waals surface area contributed by atoms with Gasteiger partial charge >= 0.3 is 5.97 Å². The molecule has 0 fully saturated rings. The Kier molecular flexibility index (Phi) is 11.9. The Morgan fingerprint density at radius 2 is 1.69 bits per heavy atom. The molecule has 0 heterocycles. The van der Waals surface area contributed by atoms with E-state index in [4.69, 9.17) is 4.74 Å². The molecule has 0 spiro atoms. The lowest BCUT2D eigenvalue weighted by Gasteiger charge is -2.21. The molecule has 5 amide bonds. The summed E-state index contributed by atoms with van der Waals surface area (Å²) in [5.74, 6) is -3.09. The highest BCUT2D eigenvalue weighted by Crippen LogP contribution is 2.18. The molecule has 1 rings (SSSR count). The Hall–Kier alpha value is -3.96. The SMILES string of the molecule is CNC(=O)c1cc(NC(=O)CNC(=O)C(NC(=O)CNC=O)C(C)C)ccc1COC(=O)C(C)C. The molecule has 5 N–H and O–H groups in total. The minimum atomic E-state index is -0.906. The minimum absolute atomic E-state index is 0.102. The summed E-state index contributed by atoms with van der Waals surface area (Å²) in [7, 11) is 1.45. The van der Waals surface area contributed by atoms with Crippen LogP contribution in [0.25, 0.3) is 0 Å². The van der Waals surface area contributed by atoms with Crippen molar-refractivity contribution in [1.29, 1.82) is 0 Å². The molecular weight excluding hydrogens is 458 g/mol. The van der Waals surface area contributed by atoms with Gasteiger partial charge in [-0.2, -0.15) is 0 Å². The number of carbonyl (C=O) groups excluding carboxylic acids is 6. The predicted molar refractivity (Wildman–Crippen MR) is 127 cm³/mol.